The van der Waals surface area contributed by atoms with Crippen LogP contribution in [0.5, 0.6) is 5.75 Å². The van der Waals surface area contributed by atoms with Crippen LogP contribution in [0.15, 0.2) is 18.2 Å². The van der Waals surface area contributed by atoms with Gasteiger partial charge >= 0.3 is 5.97 Å². The molecule has 0 aliphatic carbocycles. The fourth-order valence-corrected chi connectivity index (χ4v) is 2.75. The molecule has 1 heterocycles. The Morgan fingerprint density at radius 3 is 2.80 bits per heavy atom. The summed E-state index contributed by atoms with van der Waals surface area (Å²) in [6.45, 7) is 2.73. The Kier molecular flexibility index (Phi) is 4.94. The maximum Gasteiger partial charge on any atom is 0.358 e. The first-order valence-corrected chi connectivity index (χ1v) is 7.72. The lowest BCUT2D eigenvalue weighted by molar-refractivity contribution is 0.0511. The second kappa shape index (κ2) is 6.50. The quantitative estimate of drug-likeness (QED) is 0.600. The van der Waals surface area contributed by atoms with Gasteiger partial charge in [-0.2, -0.15) is 0 Å². The number of alkyl halides is 1. The van der Waals surface area contributed by atoms with Crippen molar-refractivity contribution < 1.29 is 14.3 Å². The molecule has 0 aliphatic rings. The number of benzene rings is 1. The van der Waals surface area contributed by atoms with E-state index < -0.39 is 5.97 Å². The molecule has 0 unspecified atom stereocenters. The summed E-state index contributed by atoms with van der Waals surface area (Å²) >= 11 is 9.44. The van der Waals surface area contributed by atoms with Crippen molar-refractivity contribution in [1.82, 2.24) is 4.57 Å². The predicted octanol–water partition coefficient (Wildman–Crippen LogP) is 3.87. The summed E-state index contributed by atoms with van der Waals surface area (Å²) in [6.07, 6.45) is 0. The van der Waals surface area contributed by atoms with Crippen molar-refractivity contribution in [3.8, 4) is 5.75 Å². The van der Waals surface area contributed by atoms with Crippen LogP contribution in [-0.2, 0) is 11.3 Å². The molecule has 2 rings (SSSR count). The van der Waals surface area contributed by atoms with E-state index in [2.05, 4.69) is 15.9 Å². The largest absolute Gasteiger partial charge is 0.494 e. The van der Waals surface area contributed by atoms with Gasteiger partial charge in [0.25, 0.3) is 0 Å². The molecule has 0 fully saturated rings. The van der Waals surface area contributed by atoms with Gasteiger partial charge in [0.2, 0.25) is 0 Å². The molecular weight excluding hydrogens is 346 g/mol. The molecule has 0 bridgehead atoms. The number of aryl methyl sites for hydroxylation is 1. The van der Waals surface area contributed by atoms with Crippen LogP contribution < -0.4 is 4.74 Å². The van der Waals surface area contributed by atoms with E-state index in [0.29, 0.717) is 29.6 Å². The highest BCUT2D eigenvalue weighted by molar-refractivity contribution is 9.09. The van der Waals surface area contributed by atoms with E-state index in [0.717, 1.165) is 16.2 Å². The fraction of sp³-hybridized carbons (Fsp3) is 0.357. The Labute approximate surface area is 130 Å². The molecule has 0 saturated heterocycles. The minimum Gasteiger partial charge on any atom is -0.494 e. The Morgan fingerprint density at radius 1 is 1.45 bits per heavy atom. The second-order valence-corrected chi connectivity index (χ2v) is 5.33. The van der Waals surface area contributed by atoms with Crippen molar-refractivity contribution in [1.29, 1.82) is 0 Å². The molecule has 1 aromatic heterocycles. The SMILES string of the molecule is CCOC(=O)c1c(OC)c2cc(Cl)ccc2n1CCBr. The van der Waals surface area contributed by atoms with Crippen LogP contribution in [0.25, 0.3) is 10.9 Å². The van der Waals surface area contributed by atoms with Gasteiger partial charge in [0.1, 0.15) is 0 Å². The van der Waals surface area contributed by atoms with E-state index in [1.54, 1.807) is 19.1 Å². The van der Waals surface area contributed by atoms with Gasteiger partial charge in [-0.05, 0) is 25.1 Å². The summed E-state index contributed by atoms with van der Waals surface area (Å²) in [5.74, 6) is 0.111. The van der Waals surface area contributed by atoms with Gasteiger partial charge in [0.05, 0.1) is 19.2 Å². The Bertz CT molecular complexity index is 639. The number of methoxy groups -OCH3 is 1. The number of aromatic nitrogens is 1. The highest BCUT2D eigenvalue weighted by atomic mass is 79.9. The number of hydrogen-bond acceptors (Lipinski definition) is 3. The zero-order valence-electron chi connectivity index (χ0n) is 11.3. The van der Waals surface area contributed by atoms with Gasteiger partial charge in [-0.25, -0.2) is 4.79 Å². The number of nitrogens with zero attached hydrogens (tertiary/aromatic N) is 1. The third kappa shape index (κ3) is 2.65. The van der Waals surface area contributed by atoms with Crippen LogP contribution in [0.3, 0.4) is 0 Å². The molecular formula is C14H15BrClNO3. The predicted molar refractivity (Wildman–Crippen MR) is 83.3 cm³/mol. The Balaban J connectivity index is 2.74. The van der Waals surface area contributed by atoms with Gasteiger partial charge in [-0.1, -0.05) is 27.5 Å². The average Bonchev–Trinajstić information content (AvgIpc) is 2.72. The second-order valence-electron chi connectivity index (χ2n) is 4.10. The highest BCUT2D eigenvalue weighted by Gasteiger charge is 2.24. The third-order valence-electron chi connectivity index (χ3n) is 2.96. The normalized spacial score (nSPS) is 10.8. The van der Waals surface area contributed by atoms with Crippen molar-refractivity contribution in [2.24, 2.45) is 0 Å². The first kappa shape index (κ1) is 15.2. The Hall–Kier alpha value is -1.20. The number of hydrogen-bond donors (Lipinski definition) is 0. The van der Waals surface area contributed by atoms with Gasteiger partial charge in [0.15, 0.2) is 11.4 Å². The van der Waals surface area contributed by atoms with Crippen molar-refractivity contribution in [2.45, 2.75) is 13.5 Å². The topological polar surface area (TPSA) is 40.5 Å². The first-order valence-electron chi connectivity index (χ1n) is 6.22. The molecule has 0 saturated carbocycles. The molecule has 108 valence electrons. The van der Waals surface area contributed by atoms with Crippen LogP contribution in [0.2, 0.25) is 5.02 Å². The average molecular weight is 361 g/mol. The molecule has 0 atom stereocenters. The van der Waals surface area contributed by atoms with Gasteiger partial charge < -0.3 is 14.0 Å². The number of fused-ring (bicyclic) bond motifs is 1. The molecule has 20 heavy (non-hydrogen) atoms. The van der Waals surface area contributed by atoms with Crippen LogP contribution in [0.1, 0.15) is 17.4 Å². The molecule has 2 aromatic rings. The zero-order chi connectivity index (χ0) is 14.7. The minimum absolute atomic E-state index is 0.318. The van der Waals surface area contributed by atoms with Crippen LogP contribution in [0, 0.1) is 0 Å². The van der Waals surface area contributed by atoms with E-state index in [1.165, 1.54) is 7.11 Å². The van der Waals surface area contributed by atoms with Crippen molar-refractivity contribution >= 4 is 44.4 Å². The van der Waals surface area contributed by atoms with Gasteiger partial charge in [-0.3, -0.25) is 0 Å². The number of rotatable bonds is 5. The van der Waals surface area contributed by atoms with Crippen LogP contribution in [-0.4, -0.2) is 29.6 Å². The fourth-order valence-electron chi connectivity index (χ4n) is 2.22. The van der Waals surface area contributed by atoms with E-state index >= 15 is 0 Å². The van der Waals surface area contributed by atoms with E-state index in [1.807, 2.05) is 10.6 Å². The van der Waals surface area contributed by atoms with Crippen molar-refractivity contribution in [2.75, 3.05) is 19.0 Å². The zero-order valence-corrected chi connectivity index (χ0v) is 13.6. The van der Waals surface area contributed by atoms with Gasteiger partial charge in [0, 0.05) is 22.3 Å². The number of carbonyl (C=O) groups is 1. The van der Waals surface area contributed by atoms with Crippen LogP contribution in [0.4, 0.5) is 0 Å². The lowest BCUT2D eigenvalue weighted by Crippen LogP contribution is -2.14. The monoisotopic (exact) mass is 359 g/mol. The smallest absolute Gasteiger partial charge is 0.358 e. The highest BCUT2D eigenvalue weighted by Crippen LogP contribution is 2.35. The van der Waals surface area contributed by atoms with E-state index in [-0.39, 0.29) is 0 Å². The third-order valence-corrected chi connectivity index (χ3v) is 3.55. The summed E-state index contributed by atoms with van der Waals surface area (Å²) in [4.78, 5) is 12.2. The summed E-state index contributed by atoms with van der Waals surface area (Å²) in [5.41, 5.74) is 1.32. The van der Waals surface area contributed by atoms with Gasteiger partial charge in [-0.15, -0.1) is 0 Å². The summed E-state index contributed by atoms with van der Waals surface area (Å²) in [5, 5.41) is 2.13. The summed E-state index contributed by atoms with van der Waals surface area (Å²) in [7, 11) is 1.54. The molecule has 6 heteroatoms. The van der Waals surface area contributed by atoms with E-state index in [4.69, 9.17) is 21.1 Å². The maximum atomic E-state index is 12.2. The molecule has 0 spiro atoms. The Morgan fingerprint density at radius 2 is 2.20 bits per heavy atom. The van der Waals surface area contributed by atoms with Crippen molar-refractivity contribution in [3.63, 3.8) is 0 Å². The number of halogens is 2. The maximum absolute atomic E-state index is 12.2. The standard InChI is InChI=1S/C14H15BrClNO3/c1-3-20-14(18)12-13(19-2)10-8-9(16)4-5-11(10)17(12)7-6-15/h4-5,8H,3,6-7H2,1-2H3. The number of carbonyl (C=O) groups excluding carboxylic acids is 1. The summed E-state index contributed by atoms with van der Waals surface area (Å²) in [6, 6.07) is 5.47. The molecule has 4 nitrogen and oxygen atoms in total. The number of esters is 1. The summed E-state index contributed by atoms with van der Waals surface area (Å²) < 4.78 is 12.4. The first-order chi connectivity index (χ1) is 9.63. The molecule has 0 aliphatic heterocycles. The molecule has 0 N–H and O–H groups in total. The lowest BCUT2D eigenvalue weighted by atomic mass is 10.2. The molecule has 0 radical (unpaired) electrons. The van der Waals surface area contributed by atoms with Crippen molar-refractivity contribution in [3.05, 3.63) is 28.9 Å². The molecule has 0 amide bonds. The van der Waals surface area contributed by atoms with Crippen LogP contribution >= 0.6 is 27.5 Å². The molecule has 1 aromatic carbocycles. The lowest BCUT2D eigenvalue weighted by Gasteiger charge is -2.09. The van der Waals surface area contributed by atoms with E-state index in [9.17, 15) is 4.79 Å². The minimum atomic E-state index is -0.391. The number of ether oxygens (including phenoxy) is 2.